The smallest absolute Gasteiger partial charge is 0.319 e. The normalized spacial score (nSPS) is 11.0. The lowest BCUT2D eigenvalue weighted by molar-refractivity contribution is 0.242. The number of carbonyl (C=O) groups excluding carboxylic acids is 1. The fraction of sp³-hybridized carbons (Fsp3) is 0.417. The molecular formula is C12H19N3O. The lowest BCUT2D eigenvalue weighted by Crippen LogP contribution is -2.50. The number of hydrogen-bond acceptors (Lipinski definition) is 2. The largest absolute Gasteiger partial charge is 0.332 e. The van der Waals surface area contributed by atoms with E-state index < -0.39 is 5.54 Å². The summed E-state index contributed by atoms with van der Waals surface area (Å²) in [5.41, 5.74) is 7.07. The van der Waals surface area contributed by atoms with Gasteiger partial charge in [0.05, 0.1) is 0 Å². The fourth-order valence-corrected chi connectivity index (χ4v) is 1.16. The molecule has 0 saturated heterocycles. The van der Waals surface area contributed by atoms with Crippen molar-refractivity contribution < 1.29 is 4.79 Å². The highest BCUT2D eigenvalue weighted by Crippen LogP contribution is 2.08. The Bertz CT molecular complexity index is 357. The Morgan fingerprint density at radius 1 is 1.31 bits per heavy atom. The van der Waals surface area contributed by atoms with Crippen LogP contribution in [0.3, 0.4) is 0 Å². The van der Waals surface area contributed by atoms with Crippen molar-refractivity contribution in [3.8, 4) is 0 Å². The van der Waals surface area contributed by atoms with Crippen LogP contribution in [0.4, 0.5) is 10.5 Å². The molecule has 0 aromatic heterocycles. The molecule has 0 saturated carbocycles. The lowest BCUT2D eigenvalue weighted by Gasteiger charge is -2.24. The van der Waals surface area contributed by atoms with E-state index in [9.17, 15) is 4.79 Å². The van der Waals surface area contributed by atoms with Crippen LogP contribution in [0.5, 0.6) is 0 Å². The van der Waals surface area contributed by atoms with Crippen molar-refractivity contribution in [3.63, 3.8) is 0 Å². The summed E-state index contributed by atoms with van der Waals surface area (Å²) in [7, 11) is 0. The molecule has 0 fully saturated rings. The third-order valence-corrected chi connectivity index (χ3v) is 2.27. The third-order valence-electron chi connectivity index (χ3n) is 2.27. The van der Waals surface area contributed by atoms with E-state index >= 15 is 0 Å². The number of anilines is 1. The van der Waals surface area contributed by atoms with Crippen LogP contribution in [0, 0.1) is 6.92 Å². The summed E-state index contributed by atoms with van der Waals surface area (Å²) >= 11 is 0. The highest BCUT2D eigenvalue weighted by Gasteiger charge is 2.17. The second kappa shape index (κ2) is 4.99. The Balaban J connectivity index is 2.55. The molecule has 88 valence electrons. The van der Waals surface area contributed by atoms with Crippen molar-refractivity contribution in [2.45, 2.75) is 26.3 Å². The van der Waals surface area contributed by atoms with Crippen LogP contribution in [0.2, 0.25) is 0 Å². The van der Waals surface area contributed by atoms with Crippen LogP contribution < -0.4 is 16.4 Å². The second-order valence-electron chi connectivity index (χ2n) is 4.53. The number of carbonyl (C=O) groups is 1. The molecule has 2 amide bonds. The zero-order chi connectivity index (χ0) is 12.2. The van der Waals surface area contributed by atoms with Gasteiger partial charge in [-0.15, -0.1) is 0 Å². The molecular weight excluding hydrogens is 202 g/mol. The third kappa shape index (κ3) is 3.90. The molecule has 4 N–H and O–H groups in total. The quantitative estimate of drug-likeness (QED) is 0.729. The standard InChI is InChI=1S/C12H19N3O/c1-9-4-6-10(7-5-9)14-11(16)15-12(2,3)8-13/h4-7H,8,13H2,1-3H3,(H2,14,15,16). The van der Waals surface area contributed by atoms with Gasteiger partial charge in [0.2, 0.25) is 0 Å². The van der Waals surface area contributed by atoms with E-state index in [0.717, 1.165) is 11.3 Å². The van der Waals surface area contributed by atoms with Crippen LogP contribution in [-0.2, 0) is 0 Å². The van der Waals surface area contributed by atoms with Gasteiger partial charge in [-0.2, -0.15) is 0 Å². The highest BCUT2D eigenvalue weighted by molar-refractivity contribution is 5.89. The predicted molar refractivity (Wildman–Crippen MR) is 66.5 cm³/mol. The first-order chi connectivity index (χ1) is 7.43. The van der Waals surface area contributed by atoms with E-state index in [1.807, 2.05) is 45.0 Å². The molecule has 0 aliphatic heterocycles. The van der Waals surface area contributed by atoms with Gasteiger partial charge >= 0.3 is 6.03 Å². The summed E-state index contributed by atoms with van der Waals surface area (Å²) in [5.74, 6) is 0. The van der Waals surface area contributed by atoms with E-state index in [1.54, 1.807) is 0 Å². The van der Waals surface area contributed by atoms with Gasteiger partial charge in [0, 0.05) is 17.8 Å². The maximum atomic E-state index is 11.6. The maximum absolute atomic E-state index is 11.6. The minimum Gasteiger partial charge on any atom is -0.332 e. The highest BCUT2D eigenvalue weighted by atomic mass is 16.2. The van der Waals surface area contributed by atoms with Crippen molar-refractivity contribution in [2.24, 2.45) is 5.73 Å². The van der Waals surface area contributed by atoms with Crippen molar-refractivity contribution in [1.29, 1.82) is 0 Å². The lowest BCUT2D eigenvalue weighted by atomic mass is 10.1. The van der Waals surface area contributed by atoms with E-state index in [1.165, 1.54) is 0 Å². The van der Waals surface area contributed by atoms with Gasteiger partial charge in [0.25, 0.3) is 0 Å². The molecule has 4 nitrogen and oxygen atoms in total. The Hall–Kier alpha value is -1.55. The first-order valence-electron chi connectivity index (χ1n) is 5.29. The maximum Gasteiger partial charge on any atom is 0.319 e. The number of urea groups is 1. The molecule has 0 aliphatic carbocycles. The van der Waals surface area contributed by atoms with Gasteiger partial charge in [0.15, 0.2) is 0 Å². The zero-order valence-electron chi connectivity index (χ0n) is 10.0. The van der Waals surface area contributed by atoms with Crippen molar-refractivity contribution in [3.05, 3.63) is 29.8 Å². The first kappa shape index (κ1) is 12.5. The molecule has 0 radical (unpaired) electrons. The molecule has 1 aromatic rings. The number of hydrogen-bond donors (Lipinski definition) is 3. The van der Waals surface area contributed by atoms with Crippen molar-refractivity contribution >= 4 is 11.7 Å². The first-order valence-corrected chi connectivity index (χ1v) is 5.29. The summed E-state index contributed by atoms with van der Waals surface area (Å²) < 4.78 is 0. The monoisotopic (exact) mass is 221 g/mol. The average molecular weight is 221 g/mol. The van der Waals surface area contributed by atoms with Gasteiger partial charge in [-0.1, -0.05) is 17.7 Å². The topological polar surface area (TPSA) is 67.2 Å². The van der Waals surface area contributed by atoms with Crippen LogP contribution in [0.25, 0.3) is 0 Å². The summed E-state index contributed by atoms with van der Waals surface area (Å²) in [5, 5.41) is 5.55. The van der Waals surface area contributed by atoms with Gasteiger partial charge in [-0.05, 0) is 32.9 Å². The van der Waals surface area contributed by atoms with Crippen molar-refractivity contribution in [2.75, 3.05) is 11.9 Å². The molecule has 0 atom stereocenters. The van der Waals surface area contributed by atoms with Gasteiger partial charge in [-0.3, -0.25) is 0 Å². The van der Waals surface area contributed by atoms with Crippen molar-refractivity contribution in [1.82, 2.24) is 5.32 Å². The Labute approximate surface area is 96.2 Å². The number of nitrogens with two attached hydrogens (primary N) is 1. The Morgan fingerprint density at radius 2 is 1.88 bits per heavy atom. The number of rotatable bonds is 3. The summed E-state index contributed by atoms with van der Waals surface area (Å²) in [6.45, 7) is 6.15. The molecule has 0 heterocycles. The van der Waals surface area contributed by atoms with E-state index in [0.29, 0.717) is 6.54 Å². The number of amides is 2. The molecule has 0 aliphatic rings. The number of aryl methyl sites for hydroxylation is 1. The van der Waals surface area contributed by atoms with Crippen LogP contribution in [0.1, 0.15) is 19.4 Å². The number of benzene rings is 1. The minimum atomic E-state index is -0.394. The molecule has 0 spiro atoms. The molecule has 1 rings (SSSR count). The fourth-order valence-electron chi connectivity index (χ4n) is 1.16. The summed E-state index contributed by atoms with van der Waals surface area (Å²) in [6.07, 6.45) is 0. The average Bonchev–Trinajstić information content (AvgIpc) is 2.21. The Morgan fingerprint density at radius 3 is 2.38 bits per heavy atom. The van der Waals surface area contributed by atoms with Crippen LogP contribution >= 0.6 is 0 Å². The van der Waals surface area contributed by atoms with E-state index in [2.05, 4.69) is 10.6 Å². The van der Waals surface area contributed by atoms with E-state index in [-0.39, 0.29) is 6.03 Å². The van der Waals surface area contributed by atoms with Gasteiger partial charge < -0.3 is 16.4 Å². The minimum absolute atomic E-state index is 0.237. The molecule has 16 heavy (non-hydrogen) atoms. The zero-order valence-corrected chi connectivity index (χ0v) is 10.0. The Kier molecular flexibility index (Phi) is 3.90. The molecule has 1 aromatic carbocycles. The van der Waals surface area contributed by atoms with Crippen LogP contribution in [-0.4, -0.2) is 18.1 Å². The second-order valence-corrected chi connectivity index (χ2v) is 4.53. The molecule has 0 unspecified atom stereocenters. The molecule has 4 heteroatoms. The summed E-state index contributed by atoms with van der Waals surface area (Å²) in [4.78, 5) is 11.6. The SMILES string of the molecule is Cc1ccc(NC(=O)NC(C)(C)CN)cc1. The predicted octanol–water partition coefficient (Wildman–Crippen LogP) is 1.85. The van der Waals surface area contributed by atoms with Crippen LogP contribution in [0.15, 0.2) is 24.3 Å². The van der Waals surface area contributed by atoms with Gasteiger partial charge in [0.1, 0.15) is 0 Å². The molecule has 0 bridgehead atoms. The summed E-state index contributed by atoms with van der Waals surface area (Å²) in [6, 6.07) is 7.39. The van der Waals surface area contributed by atoms with E-state index in [4.69, 9.17) is 5.73 Å². The van der Waals surface area contributed by atoms with Gasteiger partial charge in [-0.25, -0.2) is 4.79 Å². The number of nitrogens with one attached hydrogen (secondary N) is 2.